The summed E-state index contributed by atoms with van der Waals surface area (Å²) in [4.78, 5) is 26.4. The van der Waals surface area contributed by atoms with Gasteiger partial charge in [-0.05, 0) is 60.5 Å². The van der Waals surface area contributed by atoms with Gasteiger partial charge in [-0.3, -0.25) is 4.99 Å². The van der Waals surface area contributed by atoms with Gasteiger partial charge in [-0.1, -0.05) is 24.3 Å². The third kappa shape index (κ3) is 5.07. The van der Waals surface area contributed by atoms with Crippen LogP contribution in [0, 0.1) is 6.92 Å². The highest BCUT2D eigenvalue weighted by molar-refractivity contribution is 5.89. The fourth-order valence-electron chi connectivity index (χ4n) is 2.70. The smallest absolute Gasteiger partial charge is 0.335 e. The van der Waals surface area contributed by atoms with Crippen LogP contribution in [-0.2, 0) is 6.61 Å². The standard InChI is InChI=1S/C23H19NO5/c1-15-12-18(23(27)28)10-11-20(15)24-13-19-4-2-3-5-21(19)29-14-16-6-8-17(9-7-16)22(25)26/h2-13H,14H2,1H3,(H,25,26)(H,27,28). The second-order valence-electron chi connectivity index (χ2n) is 6.39. The van der Waals surface area contributed by atoms with Crippen molar-refractivity contribution in [1.29, 1.82) is 0 Å². The highest BCUT2D eigenvalue weighted by Gasteiger charge is 2.06. The van der Waals surface area contributed by atoms with E-state index in [1.807, 2.05) is 31.2 Å². The predicted molar refractivity (Wildman–Crippen MR) is 110 cm³/mol. The molecule has 3 aromatic rings. The van der Waals surface area contributed by atoms with Gasteiger partial charge >= 0.3 is 11.9 Å². The van der Waals surface area contributed by atoms with E-state index in [4.69, 9.17) is 14.9 Å². The van der Waals surface area contributed by atoms with Gasteiger partial charge in [0.1, 0.15) is 12.4 Å². The van der Waals surface area contributed by atoms with Crippen LogP contribution < -0.4 is 4.74 Å². The average Bonchev–Trinajstić information content (AvgIpc) is 2.72. The first-order valence-electron chi connectivity index (χ1n) is 8.86. The van der Waals surface area contributed by atoms with E-state index in [0.717, 1.165) is 16.7 Å². The maximum atomic E-state index is 11.0. The van der Waals surface area contributed by atoms with Gasteiger partial charge in [-0.25, -0.2) is 9.59 Å². The Morgan fingerprint density at radius 3 is 2.24 bits per heavy atom. The van der Waals surface area contributed by atoms with E-state index in [-0.39, 0.29) is 17.7 Å². The zero-order valence-electron chi connectivity index (χ0n) is 15.7. The summed E-state index contributed by atoms with van der Waals surface area (Å²) < 4.78 is 5.88. The van der Waals surface area contributed by atoms with Crippen molar-refractivity contribution in [1.82, 2.24) is 0 Å². The van der Waals surface area contributed by atoms with Crippen molar-refractivity contribution in [3.63, 3.8) is 0 Å². The summed E-state index contributed by atoms with van der Waals surface area (Å²) in [6.45, 7) is 2.10. The van der Waals surface area contributed by atoms with Gasteiger partial charge in [0.05, 0.1) is 16.8 Å². The van der Waals surface area contributed by atoms with Crippen LogP contribution in [0.2, 0.25) is 0 Å². The second-order valence-corrected chi connectivity index (χ2v) is 6.39. The third-order valence-electron chi connectivity index (χ3n) is 4.30. The lowest BCUT2D eigenvalue weighted by Gasteiger charge is -2.09. The molecular weight excluding hydrogens is 370 g/mol. The van der Waals surface area contributed by atoms with Crippen LogP contribution in [0.4, 0.5) is 5.69 Å². The number of aryl methyl sites for hydroxylation is 1. The molecule has 0 aliphatic heterocycles. The Labute approximate surface area is 167 Å². The molecule has 0 aromatic heterocycles. The summed E-state index contributed by atoms with van der Waals surface area (Å²) in [5, 5.41) is 18.0. The normalized spacial score (nSPS) is 10.8. The van der Waals surface area contributed by atoms with Gasteiger partial charge in [0.2, 0.25) is 0 Å². The number of carbonyl (C=O) groups is 2. The minimum absolute atomic E-state index is 0.221. The molecule has 6 heteroatoms. The molecule has 0 radical (unpaired) electrons. The van der Waals surface area contributed by atoms with Gasteiger partial charge in [0, 0.05) is 11.8 Å². The Bertz CT molecular complexity index is 1070. The quantitative estimate of drug-likeness (QED) is 0.570. The molecule has 0 saturated carbocycles. The van der Waals surface area contributed by atoms with E-state index in [1.54, 1.807) is 30.5 Å². The van der Waals surface area contributed by atoms with E-state index >= 15 is 0 Å². The SMILES string of the molecule is Cc1cc(C(=O)O)ccc1N=Cc1ccccc1OCc1ccc(C(=O)O)cc1. The molecule has 146 valence electrons. The minimum atomic E-state index is -0.973. The Kier molecular flexibility index (Phi) is 6.04. The van der Waals surface area contributed by atoms with Crippen LogP contribution in [0.15, 0.2) is 71.7 Å². The molecule has 0 spiro atoms. The van der Waals surface area contributed by atoms with Gasteiger partial charge in [0.15, 0.2) is 0 Å². The molecule has 29 heavy (non-hydrogen) atoms. The monoisotopic (exact) mass is 389 g/mol. The molecule has 0 heterocycles. The number of aromatic carboxylic acids is 2. The Balaban J connectivity index is 1.74. The summed E-state index contributed by atoms with van der Waals surface area (Å²) in [6, 6.07) is 18.7. The molecular formula is C23H19NO5. The molecule has 0 aliphatic rings. The highest BCUT2D eigenvalue weighted by Crippen LogP contribution is 2.22. The van der Waals surface area contributed by atoms with Crippen molar-refractivity contribution < 1.29 is 24.5 Å². The van der Waals surface area contributed by atoms with Crippen molar-refractivity contribution >= 4 is 23.8 Å². The van der Waals surface area contributed by atoms with E-state index in [1.165, 1.54) is 18.2 Å². The van der Waals surface area contributed by atoms with Crippen molar-refractivity contribution in [3.8, 4) is 5.75 Å². The van der Waals surface area contributed by atoms with Crippen LogP contribution in [0.1, 0.15) is 37.4 Å². The first-order valence-corrected chi connectivity index (χ1v) is 8.86. The van der Waals surface area contributed by atoms with Gasteiger partial charge in [-0.15, -0.1) is 0 Å². The second kappa shape index (κ2) is 8.84. The number of benzene rings is 3. The Hall–Kier alpha value is -3.93. The molecule has 3 rings (SSSR count). The van der Waals surface area contributed by atoms with Gasteiger partial charge in [-0.2, -0.15) is 0 Å². The van der Waals surface area contributed by atoms with Crippen LogP contribution in [0.3, 0.4) is 0 Å². The molecule has 0 amide bonds. The first-order chi connectivity index (χ1) is 13.9. The van der Waals surface area contributed by atoms with Crippen molar-refractivity contribution in [3.05, 3.63) is 94.5 Å². The van der Waals surface area contributed by atoms with Crippen LogP contribution >= 0.6 is 0 Å². The lowest BCUT2D eigenvalue weighted by Crippen LogP contribution is -2.00. The van der Waals surface area contributed by atoms with Crippen LogP contribution in [0.25, 0.3) is 0 Å². The number of carboxylic acids is 2. The zero-order valence-corrected chi connectivity index (χ0v) is 15.7. The molecule has 0 bridgehead atoms. The molecule has 0 saturated heterocycles. The summed E-state index contributed by atoms with van der Waals surface area (Å²) >= 11 is 0. The Morgan fingerprint density at radius 2 is 1.59 bits per heavy atom. The highest BCUT2D eigenvalue weighted by atomic mass is 16.5. The largest absolute Gasteiger partial charge is 0.488 e. The number of hydrogen-bond donors (Lipinski definition) is 2. The maximum Gasteiger partial charge on any atom is 0.335 e. The first kappa shape index (κ1) is 19.8. The summed E-state index contributed by atoms with van der Waals surface area (Å²) in [7, 11) is 0. The number of nitrogens with zero attached hydrogens (tertiary/aromatic N) is 1. The van der Waals surface area contributed by atoms with E-state index in [9.17, 15) is 9.59 Å². The lowest BCUT2D eigenvalue weighted by atomic mass is 10.1. The zero-order chi connectivity index (χ0) is 20.8. The number of para-hydroxylation sites is 1. The molecule has 0 atom stereocenters. The molecule has 0 unspecified atom stereocenters. The maximum absolute atomic E-state index is 11.0. The van der Waals surface area contributed by atoms with Crippen LogP contribution in [-0.4, -0.2) is 28.4 Å². The van der Waals surface area contributed by atoms with Crippen molar-refractivity contribution in [2.45, 2.75) is 13.5 Å². The Morgan fingerprint density at radius 1 is 0.931 bits per heavy atom. The van der Waals surface area contributed by atoms with Gasteiger partial charge < -0.3 is 14.9 Å². The van der Waals surface area contributed by atoms with Crippen molar-refractivity contribution in [2.75, 3.05) is 0 Å². The third-order valence-corrected chi connectivity index (χ3v) is 4.30. The average molecular weight is 389 g/mol. The molecule has 0 aliphatic carbocycles. The molecule has 3 aromatic carbocycles. The number of ether oxygens (including phenoxy) is 1. The molecule has 2 N–H and O–H groups in total. The van der Waals surface area contributed by atoms with E-state index < -0.39 is 11.9 Å². The van der Waals surface area contributed by atoms with Crippen LogP contribution in [0.5, 0.6) is 5.75 Å². The fraction of sp³-hybridized carbons (Fsp3) is 0.0870. The summed E-state index contributed by atoms with van der Waals surface area (Å²) in [5.41, 5.74) is 3.51. The van der Waals surface area contributed by atoms with E-state index in [0.29, 0.717) is 11.4 Å². The molecule has 6 nitrogen and oxygen atoms in total. The van der Waals surface area contributed by atoms with Crippen molar-refractivity contribution in [2.24, 2.45) is 4.99 Å². The fourth-order valence-corrected chi connectivity index (χ4v) is 2.70. The number of hydrogen-bond acceptors (Lipinski definition) is 4. The summed E-state index contributed by atoms with van der Waals surface area (Å²) in [6.07, 6.45) is 1.67. The lowest BCUT2D eigenvalue weighted by molar-refractivity contribution is 0.0686. The predicted octanol–water partition coefficient (Wildman–Crippen LogP) is 4.72. The number of carboxylic acid groups (broad SMARTS) is 2. The molecule has 0 fully saturated rings. The number of rotatable bonds is 7. The van der Waals surface area contributed by atoms with Gasteiger partial charge in [0.25, 0.3) is 0 Å². The topological polar surface area (TPSA) is 96.2 Å². The van der Waals surface area contributed by atoms with E-state index in [2.05, 4.69) is 4.99 Å². The minimum Gasteiger partial charge on any atom is -0.488 e. The number of aliphatic imine (C=N–C) groups is 1. The summed E-state index contributed by atoms with van der Waals surface area (Å²) in [5.74, 6) is -1.30.